The average molecular weight is 299 g/mol. The minimum atomic E-state index is -0.253. The smallest absolute Gasteiger partial charge is 0.225 e. The van der Waals surface area contributed by atoms with Gasteiger partial charge in [-0.1, -0.05) is 29.3 Å². The van der Waals surface area contributed by atoms with Gasteiger partial charge in [0.15, 0.2) is 0 Å². The molecule has 0 aliphatic carbocycles. The Morgan fingerprint density at radius 1 is 1.42 bits per heavy atom. The van der Waals surface area contributed by atoms with Crippen molar-refractivity contribution in [1.29, 1.82) is 0 Å². The molecular weight excluding hydrogens is 287 g/mol. The molecule has 100 valence electrons. The number of benzene rings is 1. The van der Waals surface area contributed by atoms with Gasteiger partial charge in [0.25, 0.3) is 0 Å². The van der Waals surface area contributed by atoms with Crippen LogP contribution in [0.4, 0.5) is 0 Å². The van der Waals surface area contributed by atoms with Crippen molar-refractivity contribution in [3.63, 3.8) is 0 Å². The van der Waals surface area contributed by atoms with Crippen LogP contribution in [0.3, 0.4) is 0 Å². The van der Waals surface area contributed by atoms with E-state index in [2.05, 4.69) is 20.5 Å². The monoisotopic (exact) mass is 298 g/mol. The van der Waals surface area contributed by atoms with Crippen molar-refractivity contribution in [2.75, 3.05) is 0 Å². The van der Waals surface area contributed by atoms with Crippen molar-refractivity contribution in [3.8, 4) is 0 Å². The van der Waals surface area contributed by atoms with E-state index in [0.717, 1.165) is 0 Å². The summed E-state index contributed by atoms with van der Waals surface area (Å²) in [6.07, 6.45) is 1.51. The van der Waals surface area contributed by atoms with Crippen molar-refractivity contribution in [2.45, 2.75) is 19.4 Å². The molecule has 0 aliphatic rings. The second-order valence-electron chi connectivity index (χ2n) is 4.04. The summed E-state index contributed by atoms with van der Waals surface area (Å²) in [6.45, 7) is 1.81. The van der Waals surface area contributed by atoms with Crippen molar-refractivity contribution < 1.29 is 4.79 Å². The number of amides is 1. The maximum Gasteiger partial charge on any atom is 0.225 e. The van der Waals surface area contributed by atoms with E-state index in [4.69, 9.17) is 23.2 Å². The molecule has 1 unspecified atom stereocenters. The molecule has 0 aliphatic heterocycles. The molecule has 1 aromatic carbocycles. The Bertz CT molecular complexity index is 551. The molecule has 19 heavy (non-hydrogen) atoms. The summed E-state index contributed by atoms with van der Waals surface area (Å²) in [6, 6.07) is 4.89. The number of halogens is 2. The van der Waals surface area contributed by atoms with Crippen LogP contribution in [0.5, 0.6) is 0 Å². The van der Waals surface area contributed by atoms with Crippen molar-refractivity contribution in [1.82, 2.24) is 20.5 Å². The normalized spacial score (nSPS) is 12.2. The lowest BCUT2D eigenvalue weighted by molar-refractivity contribution is -0.121. The highest BCUT2D eigenvalue weighted by Crippen LogP contribution is 2.24. The summed E-state index contributed by atoms with van der Waals surface area (Å²) in [5.74, 6) is 0.414. The molecule has 1 heterocycles. The molecule has 1 atom stereocenters. The Kier molecular flexibility index (Phi) is 4.39. The number of carbonyl (C=O) groups is 1. The molecule has 0 saturated carbocycles. The van der Waals surface area contributed by atoms with Crippen LogP contribution < -0.4 is 5.32 Å². The van der Waals surface area contributed by atoms with Gasteiger partial charge in [-0.3, -0.25) is 9.89 Å². The van der Waals surface area contributed by atoms with Gasteiger partial charge in [0, 0.05) is 10.0 Å². The number of carbonyl (C=O) groups excluding carboxylic acids is 1. The third-order valence-electron chi connectivity index (χ3n) is 2.62. The second kappa shape index (κ2) is 6.04. The molecule has 0 spiro atoms. The van der Waals surface area contributed by atoms with Crippen LogP contribution in [0.15, 0.2) is 24.5 Å². The molecule has 2 rings (SSSR count). The molecule has 0 fully saturated rings. The molecule has 1 aromatic heterocycles. The average Bonchev–Trinajstić information content (AvgIpc) is 2.88. The van der Waals surface area contributed by atoms with Gasteiger partial charge >= 0.3 is 0 Å². The van der Waals surface area contributed by atoms with Gasteiger partial charge < -0.3 is 5.32 Å². The van der Waals surface area contributed by atoms with Gasteiger partial charge in [0.1, 0.15) is 12.2 Å². The summed E-state index contributed by atoms with van der Waals surface area (Å²) < 4.78 is 0. The maximum absolute atomic E-state index is 11.9. The van der Waals surface area contributed by atoms with Gasteiger partial charge in [0.05, 0.1) is 12.5 Å². The molecule has 7 heteroatoms. The standard InChI is InChI=1S/C12H12Cl2N4O/c1-7(12-15-6-16-18-12)17-11(19)5-8-9(13)3-2-4-10(8)14/h2-4,6-7H,5H2,1H3,(H,17,19)(H,15,16,18). The van der Waals surface area contributed by atoms with Crippen molar-refractivity contribution in [3.05, 3.63) is 46.0 Å². The Morgan fingerprint density at radius 2 is 2.11 bits per heavy atom. The van der Waals surface area contributed by atoms with E-state index in [9.17, 15) is 4.79 Å². The zero-order valence-electron chi connectivity index (χ0n) is 10.2. The molecule has 0 saturated heterocycles. The first kappa shape index (κ1) is 13.8. The molecule has 2 N–H and O–H groups in total. The minimum absolute atomic E-state index is 0.122. The summed E-state index contributed by atoms with van der Waals surface area (Å²) in [5.41, 5.74) is 0.619. The van der Waals surface area contributed by atoms with Crippen LogP contribution in [0.25, 0.3) is 0 Å². The van der Waals surface area contributed by atoms with Crippen LogP contribution >= 0.6 is 23.2 Å². The number of nitrogens with one attached hydrogen (secondary N) is 2. The number of aromatic amines is 1. The van der Waals surface area contributed by atoms with E-state index in [1.165, 1.54) is 6.33 Å². The van der Waals surface area contributed by atoms with E-state index in [1.807, 2.05) is 6.92 Å². The number of hydrogen-bond acceptors (Lipinski definition) is 3. The highest BCUT2D eigenvalue weighted by molar-refractivity contribution is 6.36. The van der Waals surface area contributed by atoms with E-state index in [-0.39, 0.29) is 18.4 Å². The van der Waals surface area contributed by atoms with E-state index >= 15 is 0 Å². The predicted molar refractivity (Wildman–Crippen MR) is 73.1 cm³/mol. The predicted octanol–water partition coefficient (Wildman–Crippen LogP) is 2.53. The van der Waals surface area contributed by atoms with Crippen LogP contribution in [0.1, 0.15) is 24.4 Å². The summed E-state index contributed by atoms with van der Waals surface area (Å²) in [4.78, 5) is 15.9. The van der Waals surface area contributed by atoms with E-state index < -0.39 is 0 Å². The van der Waals surface area contributed by atoms with Crippen LogP contribution in [-0.4, -0.2) is 21.1 Å². The lowest BCUT2D eigenvalue weighted by Gasteiger charge is -2.12. The number of H-pyrrole nitrogens is 1. The minimum Gasteiger partial charge on any atom is -0.346 e. The summed E-state index contributed by atoms with van der Waals surface area (Å²) >= 11 is 12.0. The molecule has 2 aromatic rings. The topological polar surface area (TPSA) is 70.7 Å². The molecule has 0 bridgehead atoms. The Labute approximate surface area is 120 Å². The fourth-order valence-electron chi connectivity index (χ4n) is 1.65. The summed E-state index contributed by atoms with van der Waals surface area (Å²) in [7, 11) is 0. The fraction of sp³-hybridized carbons (Fsp3) is 0.250. The second-order valence-corrected chi connectivity index (χ2v) is 4.85. The quantitative estimate of drug-likeness (QED) is 0.911. The highest BCUT2D eigenvalue weighted by atomic mass is 35.5. The first-order valence-corrected chi connectivity index (χ1v) is 6.41. The molecule has 5 nitrogen and oxygen atoms in total. The van der Waals surface area contributed by atoms with Crippen LogP contribution in [0, 0.1) is 0 Å². The van der Waals surface area contributed by atoms with Crippen molar-refractivity contribution in [2.24, 2.45) is 0 Å². The Balaban J connectivity index is 2.02. The van der Waals surface area contributed by atoms with E-state index in [0.29, 0.717) is 21.4 Å². The highest BCUT2D eigenvalue weighted by Gasteiger charge is 2.15. The zero-order chi connectivity index (χ0) is 13.8. The van der Waals surface area contributed by atoms with Crippen molar-refractivity contribution >= 4 is 29.1 Å². The number of rotatable bonds is 4. The maximum atomic E-state index is 11.9. The Hall–Kier alpha value is -1.59. The first-order valence-electron chi connectivity index (χ1n) is 5.65. The Morgan fingerprint density at radius 3 is 2.68 bits per heavy atom. The largest absolute Gasteiger partial charge is 0.346 e. The summed E-state index contributed by atoms with van der Waals surface area (Å²) in [5, 5.41) is 10.2. The van der Waals surface area contributed by atoms with E-state index in [1.54, 1.807) is 18.2 Å². The van der Waals surface area contributed by atoms with Gasteiger partial charge in [-0.2, -0.15) is 5.10 Å². The lowest BCUT2D eigenvalue weighted by atomic mass is 10.1. The molecule has 0 radical (unpaired) electrons. The molecule has 1 amide bonds. The van der Waals surface area contributed by atoms with Gasteiger partial charge in [-0.15, -0.1) is 0 Å². The van der Waals surface area contributed by atoms with Crippen LogP contribution in [-0.2, 0) is 11.2 Å². The zero-order valence-corrected chi connectivity index (χ0v) is 11.7. The first-order chi connectivity index (χ1) is 9.08. The fourth-order valence-corrected chi connectivity index (χ4v) is 2.18. The van der Waals surface area contributed by atoms with Gasteiger partial charge in [-0.05, 0) is 24.6 Å². The van der Waals surface area contributed by atoms with Gasteiger partial charge in [-0.25, -0.2) is 4.98 Å². The number of aromatic nitrogens is 3. The third-order valence-corrected chi connectivity index (χ3v) is 3.33. The number of nitrogens with zero attached hydrogens (tertiary/aromatic N) is 2. The SMILES string of the molecule is CC(NC(=O)Cc1c(Cl)cccc1Cl)c1ncn[nH]1. The lowest BCUT2D eigenvalue weighted by Crippen LogP contribution is -2.29. The van der Waals surface area contributed by atoms with Crippen LogP contribution in [0.2, 0.25) is 10.0 Å². The molecular formula is C12H12Cl2N4O. The van der Waals surface area contributed by atoms with Gasteiger partial charge in [0.2, 0.25) is 5.91 Å². The third kappa shape index (κ3) is 3.45. The number of hydrogen-bond donors (Lipinski definition) is 2.